The molecule has 0 radical (unpaired) electrons. The predicted molar refractivity (Wildman–Crippen MR) is 86.8 cm³/mol. The standard InChI is InChI=1S/C13H27N3O2.2ClH/c1-5-16-6-7-18-11(8-16)12(17)15-13(4,9-14)10(2)3;;/h10-11H,5-9,14H2,1-4H3,(H,15,17);2*1H. The van der Waals surface area contributed by atoms with Gasteiger partial charge in [-0.1, -0.05) is 20.8 Å². The molecule has 0 aliphatic carbocycles. The first-order valence-electron chi connectivity index (χ1n) is 6.79. The van der Waals surface area contributed by atoms with Crippen molar-refractivity contribution in [3.8, 4) is 0 Å². The summed E-state index contributed by atoms with van der Waals surface area (Å²) >= 11 is 0. The maximum absolute atomic E-state index is 12.2. The highest BCUT2D eigenvalue weighted by Crippen LogP contribution is 2.16. The maximum atomic E-state index is 12.2. The molecule has 0 aromatic heterocycles. The van der Waals surface area contributed by atoms with E-state index in [1.165, 1.54) is 0 Å². The lowest BCUT2D eigenvalue weighted by molar-refractivity contribution is -0.140. The van der Waals surface area contributed by atoms with Crippen LogP contribution in [0.15, 0.2) is 0 Å². The van der Waals surface area contributed by atoms with E-state index in [0.29, 0.717) is 19.7 Å². The molecule has 1 saturated heterocycles. The minimum absolute atomic E-state index is 0. The van der Waals surface area contributed by atoms with E-state index < -0.39 is 0 Å². The van der Waals surface area contributed by atoms with Crippen LogP contribution in [0.25, 0.3) is 0 Å². The number of morpholine rings is 1. The highest BCUT2D eigenvalue weighted by Gasteiger charge is 2.33. The molecule has 1 aliphatic rings. The number of nitrogens with zero attached hydrogens (tertiary/aromatic N) is 1. The van der Waals surface area contributed by atoms with Crippen molar-refractivity contribution in [2.75, 3.05) is 32.8 Å². The van der Waals surface area contributed by atoms with Gasteiger partial charge >= 0.3 is 0 Å². The summed E-state index contributed by atoms with van der Waals surface area (Å²) < 4.78 is 5.55. The molecular formula is C13H29Cl2N3O2. The van der Waals surface area contributed by atoms with Crippen LogP contribution in [-0.2, 0) is 9.53 Å². The number of hydrogen-bond donors (Lipinski definition) is 2. The Balaban J connectivity index is 0. The second-order valence-corrected chi connectivity index (χ2v) is 5.52. The predicted octanol–water partition coefficient (Wildman–Crippen LogP) is 1.04. The Hall–Kier alpha value is -0.0700. The summed E-state index contributed by atoms with van der Waals surface area (Å²) in [5, 5.41) is 3.04. The topological polar surface area (TPSA) is 67.6 Å². The van der Waals surface area contributed by atoms with Crippen molar-refractivity contribution in [3.05, 3.63) is 0 Å². The zero-order valence-electron chi connectivity index (χ0n) is 12.8. The molecule has 2 unspecified atom stereocenters. The van der Waals surface area contributed by atoms with E-state index in [4.69, 9.17) is 10.5 Å². The summed E-state index contributed by atoms with van der Waals surface area (Å²) in [6, 6.07) is 0. The van der Waals surface area contributed by atoms with Gasteiger partial charge in [0.05, 0.1) is 12.1 Å². The van der Waals surface area contributed by atoms with Gasteiger partial charge in [-0.15, -0.1) is 24.8 Å². The normalized spacial score (nSPS) is 22.4. The molecule has 122 valence electrons. The quantitative estimate of drug-likeness (QED) is 0.790. The van der Waals surface area contributed by atoms with Crippen LogP contribution < -0.4 is 11.1 Å². The smallest absolute Gasteiger partial charge is 0.250 e. The van der Waals surface area contributed by atoms with Gasteiger partial charge in [0.2, 0.25) is 0 Å². The van der Waals surface area contributed by atoms with Crippen LogP contribution in [0.1, 0.15) is 27.7 Å². The van der Waals surface area contributed by atoms with E-state index in [0.717, 1.165) is 13.1 Å². The first kappa shape index (κ1) is 22.2. The summed E-state index contributed by atoms with van der Waals surface area (Å²) in [7, 11) is 0. The molecule has 7 heteroatoms. The fourth-order valence-corrected chi connectivity index (χ4v) is 1.94. The summed E-state index contributed by atoms with van der Waals surface area (Å²) in [6.45, 7) is 11.8. The van der Waals surface area contributed by atoms with Gasteiger partial charge < -0.3 is 15.8 Å². The number of carbonyl (C=O) groups is 1. The molecule has 0 bridgehead atoms. The summed E-state index contributed by atoms with van der Waals surface area (Å²) in [6.07, 6.45) is -0.372. The number of halogens is 2. The van der Waals surface area contributed by atoms with Crippen molar-refractivity contribution in [1.82, 2.24) is 10.2 Å². The number of hydrogen-bond acceptors (Lipinski definition) is 4. The summed E-state index contributed by atoms with van der Waals surface area (Å²) in [4.78, 5) is 14.4. The third-order valence-corrected chi connectivity index (χ3v) is 4.00. The van der Waals surface area contributed by atoms with E-state index >= 15 is 0 Å². The average molecular weight is 330 g/mol. The first-order valence-corrected chi connectivity index (χ1v) is 6.79. The molecule has 0 aromatic rings. The Morgan fingerprint density at radius 1 is 1.50 bits per heavy atom. The van der Waals surface area contributed by atoms with Gasteiger partial charge in [-0.3, -0.25) is 9.69 Å². The van der Waals surface area contributed by atoms with Gasteiger partial charge in [-0.05, 0) is 19.4 Å². The van der Waals surface area contributed by atoms with Crippen molar-refractivity contribution < 1.29 is 9.53 Å². The second-order valence-electron chi connectivity index (χ2n) is 5.52. The number of ether oxygens (including phenoxy) is 1. The molecule has 1 fully saturated rings. The molecule has 5 nitrogen and oxygen atoms in total. The Morgan fingerprint density at radius 3 is 2.55 bits per heavy atom. The third kappa shape index (κ3) is 5.74. The molecule has 2 atom stereocenters. The Kier molecular flexibility index (Phi) is 10.9. The largest absolute Gasteiger partial charge is 0.366 e. The molecule has 1 amide bonds. The molecular weight excluding hydrogens is 301 g/mol. The third-order valence-electron chi connectivity index (χ3n) is 4.00. The van der Waals surface area contributed by atoms with E-state index in [1.807, 2.05) is 6.92 Å². The average Bonchev–Trinajstić information content (AvgIpc) is 2.38. The Labute approximate surface area is 134 Å². The molecule has 1 aliphatic heterocycles. The number of nitrogens with one attached hydrogen (secondary N) is 1. The van der Waals surface area contributed by atoms with Gasteiger partial charge in [-0.25, -0.2) is 0 Å². The Bertz CT molecular complexity index is 293. The van der Waals surface area contributed by atoms with Crippen LogP contribution in [0.2, 0.25) is 0 Å². The fourth-order valence-electron chi connectivity index (χ4n) is 1.94. The van der Waals surface area contributed by atoms with Gasteiger partial charge in [0.15, 0.2) is 0 Å². The second kappa shape index (κ2) is 9.79. The van der Waals surface area contributed by atoms with E-state index in [9.17, 15) is 4.79 Å². The first-order chi connectivity index (χ1) is 8.42. The van der Waals surface area contributed by atoms with Crippen molar-refractivity contribution >= 4 is 30.7 Å². The van der Waals surface area contributed by atoms with Crippen molar-refractivity contribution in [1.29, 1.82) is 0 Å². The highest BCUT2D eigenvalue weighted by molar-refractivity contribution is 5.85. The van der Waals surface area contributed by atoms with Crippen LogP contribution >= 0.6 is 24.8 Å². The van der Waals surface area contributed by atoms with E-state index in [2.05, 4.69) is 31.0 Å². The molecule has 1 heterocycles. The molecule has 3 N–H and O–H groups in total. The highest BCUT2D eigenvalue weighted by atomic mass is 35.5. The summed E-state index contributed by atoms with van der Waals surface area (Å²) in [5.74, 6) is 0.243. The minimum atomic E-state index is -0.372. The lowest BCUT2D eigenvalue weighted by Crippen LogP contribution is -2.60. The van der Waals surface area contributed by atoms with E-state index in [-0.39, 0.29) is 48.3 Å². The fraction of sp³-hybridized carbons (Fsp3) is 0.923. The number of nitrogens with two attached hydrogens (primary N) is 1. The molecule has 0 aromatic carbocycles. The zero-order chi connectivity index (χ0) is 13.8. The van der Waals surface area contributed by atoms with Gasteiger partial charge in [0, 0.05) is 19.6 Å². The lowest BCUT2D eigenvalue weighted by atomic mass is 9.88. The minimum Gasteiger partial charge on any atom is -0.366 e. The number of rotatable bonds is 5. The molecule has 0 spiro atoms. The maximum Gasteiger partial charge on any atom is 0.250 e. The molecule has 0 saturated carbocycles. The van der Waals surface area contributed by atoms with Crippen LogP contribution in [-0.4, -0.2) is 55.2 Å². The summed E-state index contributed by atoms with van der Waals surface area (Å²) in [5.41, 5.74) is 5.41. The molecule has 20 heavy (non-hydrogen) atoms. The van der Waals surface area contributed by atoms with Gasteiger partial charge in [0.1, 0.15) is 6.10 Å². The van der Waals surface area contributed by atoms with Crippen LogP contribution in [0.5, 0.6) is 0 Å². The number of likely N-dealkylation sites (N-methyl/N-ethyl adjacent to an activating group) is 1. The van der Waals surface area contributed by atoms with Crippen molar-refractivity contribution in [2.45, 2.75) is 39.3 Å². The van der Waals surface area contributed by atoms with Crippen LogP contribution in [0.4, 0.5) is 0 Å². The van der Waals surface area contributed by atoms with Gasteiger partial charge in [-0.2, -0.15) is 0 Å². The van der Waals surface area contributed by atoms with Crippen LogP contribution in [0.3, 0.4) is 0 Å². The zero-order valence-corrected chi connectivity index (χ0v) is 14.5. The van der Waals surface area contributed by atoms with Crippen molar-refractivity contribution in [2.24, 2.45) is 11.7 Å². The molecule has 1 rings (SSSR count). The van der Waals surface area contributed by atoms with E-state index in [1.54, 1.807) is 0 Å². The van der Waals surface area contributed by atoms with Crippen LogP contribution in [0, 0.1) is 5.92 Å². The van der Waals surface area contributed by atoms with Crippen molar-refractivity contribution in [3.63, 3.8) is 0 Å². The number of amides is 1. The number of carbonyl (C=O) groups excluding carboxylic acids is 1. The van der Waals surface area contributed by atoms with Gasteiger partial charge in [0.25, 0.3) is 5.91 Å². The monoisotopic (exact) mass is 329 g/mol. The Morgan fingerprint density at radius 2 is 2.10 bits per heavy atom. The lowest BCUT2D eigenvalue weighted by Gasteiger charge is -2.37. The SMILES string of the molecule is CCN1CCOC(C(=O)NC(C)(CN)C(C)C)C1.Cl.Cl.